The first-order chi connectivity index (χ1) is 10.8. The number of ether oxygens (including phenoxy) is 1. The first-order valence-corrected chi connectivity index (χ1v) is 9.40. The zero-order valence-electron chi connectivity index (χ0n) is 13.8. The van der Waals surface area contributed by atoms with Gasteiger partial charge in [0.1, 0.15) is 0 Å². The van der Waals surface area contributed by atoms with Gasteiger partial charge in [0, 0.05) is 38.2 Å². The van der Waals surface area contributed by atoms with E-state index in [1.54, 1.807) is 0 Å². The highest BCUT2D eigenvalue weighted by Crippen LogP contribution is 2.40. The van der Waals surface area contributed by atoms with Crippen molar-refractivity contribution in [2.24, 2.45) is 5.92 Å². The molecular formula is C18H30N2O2. The van der Waals surface area contributed by atoms with Crippen LogP contribution in [0.15, 0.2) is 0 Å². The van der Waals surface area contributed by atoms with Crippen LogP contribution in [0.25, 0.3) is 0 Å². The molecule has 0 aromatic carbocycles. The van der Waals surface area contributed by atoms with Crippen molar-refractivity contribution in [3.05, 3.63) is 0 Å². The van der Waals surface area contributed by atoms with E-state index in [1.807, 2.05) is 0 Å². The smallest absolute Gasteiger partial charge is 0.223 e. The molecule has 124 valence electrons. The Hall–Kier alpha value is -0.610. The van der Waals surface area contributed by atoms with Gasteiger partial charge in [0.2, 0.25) is 5.91 Å². The maximum absolute atomic E-state index is 12.5. The maximum atomic E-state index is 12.5. The van der Waals surface area contributed by atoms with Gasteiger partial charge in [-0.1, -0.05) is 0 Å². The predicted molar refractivity (Wildman–Crippen MR) is 85.7 cm³/mol. The van der Waals surface area contributed by atoms with Gasteiger partial charge in [-0.3, -0.25) is 4.79 Å². The summed E-state index contributed by atoms with van der Waals surface area (Å²) in [5.41, 5.74) is 0.154. The molecular weight excluding hydrogens is 276 g/mol. The number of nitrogens with zero attached hydrogens (tertiary/aromatic N) is 2. The fourth-order valence-electron chi connectivity index (χ4n) is 4.76. The van der Waals surface area contributed by atoms with E-state index in [0.717, 1.165) is 44.8 Å². The topological polar surface area (TPSA) is 32.8 Å². The zero-order chi connectivity index (χ0) is 15.0. The number of rotatable bonds is 4. The van der Waals surface area contributed by atoms with Crippen LogP contribution in [0.4, 0.5) is 0 Å². The van der Waals surface area contributed by atoms with Crippen LogP contribution in [0.1, 0.15) is 57.8 Å². The highest BCUT2D eigenvalue weighted by atomic mass is 16.5. The summed E-state index contributed by atoms with van der Waals surface area (Å²) < 4.78 is 5.81. The molecule has 3 heterocycles. The summed E-state index contributed by atoms with van der Waals surface area (Å²) in [7, 11) is 0. The first-order valence-electron chi connectivity index (χ1n) is 9.40. The Morgan fingerprint density at radius 2 is 1.95 bits per heavy atom. The molecule has 1 saturated carbocycles. The second-order valence-electron chi connectivity index (χ2n) is 7.96. The Kier molecular flexibility index (Phi) is 4.16. The molecule has 1 amide bonds. The molecule has 0 radical (unpaired) electrons. The fourth-order valence-corrected chi connectivity index (χ4v) is 4.76. The SMILES string of the molecule is O=C1CC[C@]2(CCCN(CC3CC3)CC2)N1C[C@H]1CCCO1. The van der Waals surface area contributed by atoms with Crippen molar-refractivity contribution >= 4 is 5.91 Å². The van der Waals surface area contributed by atoms with Crippen LogP contribution >= 0.6 is 0 Å². The number of carbonyl (C=O) groups excluding carboxylic acids is 1. The quantitative estimate of drug-likeness (QED) is 0.800. The minimum atomic E-state index is 0.154. The lowest BCUT2D eigenvalue weighted by Crippen LogP contribution is -2.49. The average Bonchev–Trinajstić information content (AvgIpc) is 3.15. The fraction of sp³-hybridized carbons (Fsp3) is 0.944. The minimum absolute atomic E-state index is 0.154. The van der Waals surface area contributed by atoms with Gasteiger partial charge in [-0.2, -0.15) is 0 Å². The molecule has 1 spiro atoms. The lowest BCUT2D eigenvalue weighted by molar-refractivity contribution is -0.133. The van der Waals surface area contributed by atoms with Crippen LogP contribution in [0, 0.1) is 5.92 Å². The molecule has 4 aliphatic rings. The van der Waals surface area contributed by atoms with Crippen LogP contribution in [-0.4, -0.2) is 60.1 Å². The van der Waals surface area contributed by atoms with Crippen LogP contribution < -0.4 is 0 Å². The third-order valence-electron chi connectivity index (χ3n) is 6.31. The predicted octanol–water partition coefficient (Wildman–Crippen LogP) is 2.42. The summed E-state index contributed by atoms with van der Waals surface area (Å²) in [6.45, 7) is 5.46. The van der Waals surface area contributed by atoms with Crippen molar-refractivity contribution in [2.45, 2.75) is 69.4 Å². The molecule has 4 heteroatoms. The summed E-state index contributed by atoms with van der Waals surface area (Å²) in [6.07, 6.45) is 10.9. The number of hydrogen-bond acceptors (Lipinski definition) is 3. The van der Waals surface area contributed by atoms with E-state index in [2.05, 4.69) is 9.80 Å². The highest BCUT2D eigenvalue weighted by molar-refractivity contribution is 5.79. The molecule has 4 nitrogen and oxygen atoms in total. The third-order valence-corrected chi connectivity index (χ3v) is 6.31. The molecule has 3 aliphatic heterocycles. The van der Waals surface area contributed by atoms with Gasteiger partial charge in [0.15, 0.2) is 0 Å². The molecule has 0 unspecified atom stereocenters. The van der Waals surface area contributed by atoms with E-state index in [1.165, 1.54) is 51.7 Å². The van der Waals surface area contributed by atoms with Crippen molar-refractivity contribution < 1.29 is 9.53 Å². The minimum Gasteiger partial charge on any atom is -0.376 e. The van der Waals surface area contributed by atoms with Gasteiger partial charge in [0.05, 0.1) is 6.10 Å². The number of amides is 1. The highest BCUT2D eigenvalue weighted by Gasteiger charge is 2.46. The lowest BCUT2D eigenvalue weighted by atomic mass is 9.87. The molecule has 0 aromatic heterocycles. The Labute approximate surface area is 134 Å². The van der Waals surface area contributed by atoms with Crippen molar-refractivity contribution in [3.8, 4) is 0 Å². The van der Waals surface area contributed by atoms with Gasteiger partial charge >= 0.3 is 0 Å². The maximum Gasteiger partial charge on any atom is 0.223 e. The monoisotopic (exact) mass is 306 g/mol. The summed E-state index contributed by atoms with van der Waals surface area (Å²) in [6, 6.07) is 0. The number of hydrogen-bond donors (Lipinski definition) is 0. The van der Waals surface area contributed by atoms with E-state index in [-0.39, 0.29) is 5.54 Å². The summed E-state index contributed by atoms with van der Waals surface area (Å²) in [5, 5.41) is 0. The normalized spacial score (nSPS) is 37.2. The average molecular weight is 306 g/mol. The Balaban J connectivity index is 1.42. The van der Waals surface area contributed by atoms with Crippen molar-refractivity contribution in [3.63, 3.8) is 0 Å². The Bertz CT molecular complexity index is 417. The largest absolute Gasteiger partial charge is 0.376 e. The standard InChI is InChI=1S/C18H30N2O2/c21-17-6-8-18(20(17)14-16-3-1-12-22-16)7-2-10-19(11-9-18)13-15-4-5-15/h15-16H,1-14H2/t16-,18+/m1/s1. The van der Waals surface area contributed by atoms with E-state index in [0.29, 0.717) is 12.0 Å². The van der Waals surface area contributed by atoms with E-state index in [9.17, 15) is 4.79 Å². The van der Waals surface area contributed by atoms with Gasteiger partial charge in [-0.05, 0) is 63.8 Å². The second kappa shape index (κ2) is 6.12. The molecule has 0 N–H and O–H groups in total. The van der Waals surface area contributed by atoms with Crippen molar-refractivity contribution in [1.82, 2.24) is 9.80 Å². The molecule has 4 rings (SSSR count). The molecule has 0 bridgehead atoms. The lowest BCUT2D eigenvalue weighted by Gasteiger charge is -2.39. The Morgan fingerprint density at radius 1 is 1.05 bits per heavy atom. The van der Waals surface area contributed by atoms with Crippen LogP contribution in [-0.2, 0) is 9.53 Å². The summed E-state index contributed by atoms with van der Waals surface area (Å²) in [5.74, 6) is 1.35. The first kappa shape index (κ1) is 14.9. The van der Waals surface area contributed by atoms with Gasteiger partial charge in [0.25, 0.3) is 0 Å². The van der Waals surface area contributed by atoms with Crippen molar-refractivity contribution in [2.75, 3.05) is 32.8 Å². The van der Waals surface area contributed by atoms with Gasteiger partial charge in [-0.25, -0.2) is 0 Å². The second-order valence-corrected chi connectivity index (χ2v) is 7.96. The molecule has 1 aliphatic carbocycles. The molecule has 0 aromatic rings. The van der Waals surface area contributed by atoms with Gasteiger partial charge < -0.3 is 14.5 Å². The third kappa shape index (κ3) is 3.05. The number of carbonyl (C=O) groups is 1. The molecule has 2 atom stereocenters. The van der Waals surface area contributed by atoms with Crippen LogP contribution in [0.2, 0.25) is 0 Å². The zero-order valence-corrected chi connectivity index (χ0v) is 13.8. The van der Waals surface area contributed by atoms with Crippen LogP contribution in [0.5, 0.6) is 0 Å². The van der Waals surface area contributed by atoms with Gasteiger partial charge in [-0.15, -0.1) is 0 Å². The number of likely N-dealkylation sites (tertiary alicyclic amines) is 2. The van der Waals surface area contributed by atoms with E-state index in [4.69, 9.17) is 4.74 Å². The Morgan fingerprint density at radius 3 is 2.73 bits per heavy atom. The van der Waals surface area contributed by atoms with E-state index < -0.39 is 0 Å². The molecule has 3 saturated heterocycles. The van der Waals surface area contributed by atoms with Crippen LogP contribution in [0.3, 0.4) is 0 Å². The molecule has 22 heavy (non-hydrogen) atoms. The summed E-state index contributed by atoms with van der Waals surface area (Å²) >= 11 is 0. The molecule has 4 fully saturated rings. The van der Waals surface area contributed by atoms with E-state index >= 15 is 0 Å². The van der Waals surface area contributed by atoms with Crippen molar-refractivity contribution in [1.29, 1.82) is 0 Å². The summed E-state index contributed by atoms with van der Waals surface area (Å²) in [4.78, 5) is 17.4.